The predicted octanol–water partition coefficient (Wildman–Crippen LogP) is 2.80. The summed E-state index contributed by atoms with van der Waals surface area (Å²) in [6, 6.07) is 0.364. The third-order valence-corrected chi connectivity index (χ3v) is 3.71. The quantitative estimate of drug-likeness (QED) is 0.759. The van der Waals surface area contributed by atoms with Crippen LogP contribution >= 0.6 is 0 Å². The van der Waals surface area contributed by atoms with E-state index in [0.717, 1.165) is 19.3 Å². The fourth-order valence-electron chi connectivity index (χ4n) is 2.75. The van der Waals surface area contributed by atoms with Gasteiger partial charge in [0.1, 0.15) is 5.54 Å². The Kier molecular flexibility index (Phi) is 4.00. The third kappa shape index (κ3) is 3.21. The fourth-order valence-corrected chi connectivity index (χ4v) is 2.75. The van der Waals surface area contributed by atoms with E-state index in [9.17, 15) is 9.90 Å². The van der Waals surface area contributed by atoms with Crippen LogP contribution in [0.1, 0.15) is 59.8 Å². The lowest BCUT2D eigenvalue weighted by molar-refractivity contribution is -0.144. The van der Waals surface area contributed by atoms with E-state index < -0.39 is 11.5 Å². The molecule has 16 heavy (non-hydrogen) atoms. The molecule has 0 aromatic heterocycles. The van der Waals surface area contributed by atoms with Gasteiger partial charge in [0.15, 0.2) is 0 Å². The van der Waals surface area contributed by atoms with Crippen molar-refractivity contribution in [3.63, 3.8) is 0 Å². The van der Waals surface area contributed by atoms with Crippen molar-refractivity contribution in [2.45, 2.75) is 71.4 Å². The normalized spacial score (nSPS) is 27.6. The van der Waals surface area contributed by atoms with Gasteiger partial charge in [0.25, 0.3) is 0 Å². The van der Waals surface area contributed by atoms with Gasteiger partial charge in [-0.05, 0) is 38.0 Å². The minimum atomic E-state index is -0.750. The number of hydrogen-bond acceptors (Lipinski definition) is 2. The highest BCUT2D eigenvalue weighted by molar-refractivity contribution is 5.78. The van der Waals surface area contributed by atoms with Crippen molar-refractivity contribution in [2.75, 3.05) is 0 Å². The van der Waals surface area contributed by atoms with Crippen molar-refractivity contribution < 1.29 is 9.90 Å². The van der Waals surface area contributed by atoms with E-state index in [0.29, 0.717) is 17.9 Å². The van der Waals surface area contributed by atoms with Gasteiger partial charge in [0.05, 0.1) is 0 Å². The lowest BCUT2D eigenvalue weighted by atomic mass is 9.90. The van der Waals surface area contributed by atoms with Crippen molar-refractivity contribution in [3.8, 4) is 0 Å². The second-order valence-electron chi connectivity index (χ2n) is 6.14. The average molecular weight is 227 g/mol. The van der Waals surface area contributed by atoms with Crippen LogP contribution in [0.25, 0.3) is 0 Å². The Bertz CT molecular complexity index is 263. The molecule has 0 spiro atoms. The molecule has 0 bridgehead atoms. The molecule has 1 rings (SSSR count). The van der Waals surface area contributed by atoms with Crippen LogP contribution in [0.3, 0.4) is 0 Å². The van der Waals surface area contributed by atoms with Crippen LogP contribution in [0, 0.1) is 5.41 Å². The van der Waals surface area contributed by atoms with Gasteiger partial charge in [0, 0.05) is 6.04 Å². The summed E-state index contributed by atoms with van der Waals surface area (Å²) in [5.41, 5.74) is -0.386. The number of carboxylic acids is 1. The van der Waals surface area contributed by atoms with Crippen molar-refractivity contribution in [3.05, 3.63) is 0 Å². The monoisotopic (exact) mass is 227 g/mol. The average Bonchev–Trinajstić information content (AvgIpc) is 2.45. The molecule has 0 radical (unpaired) electrons. The summed E-state index contributed by atoms with van der Waals surface area (Å²) in [6.45, 7) is 8.35. The van der Waals surface area contributed by atoms with Crippen LogP contribution < -0.4 is 5.32 Å². The molecule has 0 saturated heterocycles. The van der Waals surface area contributed by atoms with E-state index in [1.807, 2.05) is 13.8 Å². The molecule has 3 nitrogen and oxygen atoms in total. The molecule has 3 heteroatoms. The topological polar surface area (TPSA) is 49.3 Å². The molecule has 2 unspecified atom stereocenters. The zero-order valence-electron chi connectivity index (χ0n) is 11.0. The summed E-state index contributed by atoms with van der Waals surface area (Å²) in [6.07, 6.45) is 4.96. The maximum Gasteiger partial charge on any atom is 0.323 e. The van der Waals surface area contributed by atoms with Gasteiger partial charge in [-0.2, -0.15) is 0 Å². The highest BCUT2D eigenvalue weighted by atomic mass is 16.4. The number of rotatable bonds is 5. The predicted molar refractivity (Wildman–Crippen MR) is 65.5 cm³/mol. The number of aliphatic carboxylic acids is 1. The van der Waals surface area contributed by atoms with Gasteiger partial charge in [-0.15, -0.1) is 0 Å². The smallest absolute Gasteiger partial charge is 0.323 e. The van der Waals surface area contributed by atoms with Gasteiger partial charge in [0.2, 0.25) is 0 Å². The molecule has 0 aliphatic heterocycles. The van der Waals surface area contributed by atoms with Gasteiger partial charge < -0.3 is 5.11 Å². The number of carbonyl (C=O) groups is 1. The number of hydrogen-bond donors (Lipinski definition) is 2. The molecule has 1 saturated carbocycles. The van der Waals surface area contributed by atoms with Crippen molar-refractivity contribution in [2.24, 2.45) is 5.41 Å². The van der Waals surface area contributed by atoms with E-state index in [1.165, 1.54) is 6.42 Å². The Balaban J connectivity index is 2.60. The van der Waals surface area contributed by atoms with E-state index in [4.69, 9.17) is 0 Å². The molecule has 2 atom stereocenters. The number of carboxylic acid groups (broad SMARTS) is 1. The van der Waals surface area contributed by atoms with E-state index in [1.54, 1.807) is 0 Å². The Labute approximate surface area is 98.6 Å². The maximum atomic E-state index is 11.3. The molecule has 0 aromatic rings. The maximum absolute atomic E-state index is 11.3. The first kappa shape index (κ1) is 13.5. The van der Waals surface area contributed by atoms with Gasteiger partial charge in [-0.25, -0.2) is 0 Å². The van der Waals surface area contributed by atoms with Crippen LogP contribution in [-0.4, -0.2) is 22.7 Å². The van der Waals surface area contributed by atoms with E-state index in [2.05, 4.69) is 19.2 Å². The molecular weight excluding hydrogens is 202 g/mol. The molecule has 94 valence electrons. The lowest BCUT2D eigenvalue weighted by Crippen LogP contribution is -2.53. The first-order valence-electron chi connectivity index (χ1n) is 6.30. The summed E-state index contributed by atoms with van der Waals surface area (Å²) in [5, 5.41) is 12.6. The van der Waals surface area contributed by atoms with E-state index in [-0.39, 0.29) is 0 Å². The Morgan fingerprint density at radius 3 is 2.56 bits per heavy atom. The summed E-state index contributed by atoms with van der Waals surface area (Å²) in [5.74, 6) is -0.723. The summed E-state index contributed by atoms with van der Waals surface area (Å²) < 4.78 is 0. The molecule has 0 aromatic carbocycles. The molecule has 0 amide bonds. The molecule has 1 aliphatic rings. The first-order chi connectivity index (χ1) is 7.29. The minimum Gasteiger partial charge on any atom is -0.480 e. The Hall–Kier alpha value is -0.570. The summed E-state index contributed by atoms with van der Waals surface area (Å²) >= 11 is 0. The third-order valence-electron chi connectivity index (χ3n) is 3.71. The SMILES string of the molecule is CCCC(C)(NC1CCC(C)(C)C1)C(=O)O. The Morgan fingerprint density at radius 2 is 2.19 bits per heavy atom. The van der Waals surface area contributed by atoms with Gasteiger partial charge in [-0.1, -0.05) is 27.2 Å². The van der Waals surface area contributed by atoms with Crippen LogP contribution in [0.4, 0.5) is 0 Å². The highest BCUT2D eigenvalue weighted by Crippen LogP contribution is 2.37. The fraction of sp³-hybridized carbons (Fsp3) is 0.923. The second-order valence-corrected chi connectivity index (χ2v) is 6.14. The van der Waals surface area contributed by atoms with Crippen molar-refractivity contribution in [1.29, 1.82) is 0 Å². The van der Waals surface area contributed by atoms with E-state index >= 15 is 0 Å². The second kappa shape index (κ2) is 4.74. The summed E-state index contributed by atoms with van der Waals surface area (Å²) in [4.78, 5) is 11.3. The highest BCUT2D eigenvalue weighted by Gasteiger charge is 2.38. The molecular formula is C13H25NO2. The standard InChI is InChI=1S/C13H25NO2/c1-5-7-13(4,11(15)16)14-10-6-8-12(2,3)9-10/h10,14H,5-9H2,1-4H3,(H,15,16). The van der Waals surface area contributed by atoms with Crippen molar-refractivity contribution >= 4 is 5.97 Å². The van der Waals surface area contributed by atoms with Gasteiger partial charge in [-0.3, -0.25) is 10.1 Å². The minimum absolute atomic E-state index is 0.364. The molecule has 1 aliphatic carbocycles. The van der Waals surface area contributed by atoms with Crippen molar-refractivity contribution in [1.82, 2.24) is 5.32 Å². The molecule has 0 heterocycles. The van der Waals surface area contributed by atoms with Crippen LogP contribution in [0.2, 0.25) is 0 Å². The molecule has 2 N–H and O–H groups in total. The molecule has 1 fully saturated rings. The van der Waals surface area contributed by atoms with Gasteiger partial charge >= 0.3 is 5.97 Å². The first-order valence-corrected chi connectivity index (χ1v) is 6.30. The zero-order valence-corrected chi connectivity index (χ0v) is 11.0. The largest absolute Gasteiger partial charge is 0.480 e. The zero-order chi connectivity index (χ0) is 12.4. The summed E-state index contributed by atoms with van der Waals surface area (Å²) in [7, 11) is 0. The van der Waals surface area contributed by atoms with Crippen LogP contribution in [0.15, 0.2) is 0 Å². The van der Waals surface area contributed by atoms with Crippen LogP contribution in [0.5, 0.6) is 0 Å². The Morgan fingerprint density at radius 1 is 1.56 bits per heavy atom. The van der Waals surface area contributed by atoms with Crippen LogP contribution in [-0.2, 0) is 4.79 Å². The lowest BCUT2D eigenvalue weighted by Gasteiger charge is -2.30. The number of nitrogens with one attached hydrogen (secondary N) is 1.